The molecule has 1 aliphatic rings. The van der Waals surface area contributed by atoms with Gasteiger partial charge in [-0.25, -0.2) is 0 Å². The number of phenolic OH excluding ortho intramolecular Hbond substituents is 1. The lowest BCUT2D eigenvalue weighted by atomic mass is 10.1. The molecule has 0 saturated carbocycles. The van der Waals surface area contributed by atoms with E-state index in [-0.39, 0.29) is 6.04 Å². The summed E-state index contributed by atoms with van der Waals surface area (Å²) in [5.41, 5.74) is 3.18. The molecule has 0 saturated heterocycles. The zero-order chi connectivity index (χ0) is 12.5. The van der Waals surface area contributed by atoms with Crippen LogP contribution in [0.25, 0.3) is 0 Å². The van der Waals surface area contributed by atoms with Gasteiger partial charge in [0.25, 0.3) is 0 Å². The normalized spacial score (nSPS) is 17.5. The molecule has 2 aromatic carbocycles. The predicted octanol–water partition coefficient (Wildman–Crippen LogP) is 4.15. The fourth-order valence-corrected chi connectivity index (χ4v) is 2.74. The number of fused-ring (bicyclic) bond motifs is 1. The van der Waals surface area contributed by atoms with Crippen molar-refractivity contribution < 1.29 is 5.11 Å². The van der Waals surface area contributed by atoms with E-state index in [1.807, 2.05) is 30.3 Å². The van der Waals surface area contributed by atoms with Crippen molar-refractivity contribution >= 4 is 17.3 Å². The molecule has 0 radical (unpaired) electrons. The monoisotopic (exact) mass is 259 g/mol. The maximum absolute atomic E-state index is 9.82. The number of phenols is 1. The number of hydrogen-bond donors (Lipinski definition) is 2. The molecule has 2 nitrogen and oxygen atoms in total. The van der Waals surface area contributed by atoms with Gasteiger partial charge in [-0.15, -0.1) is 0 Å². The van der Waals surface area contributed by atoms with Crippen molar-refractivity contribution in [2.24, 2.45) is 0 Å². The van der Waals surface area contributed by atoms with Gasteiger partial charge in [-0.3, -0.25) is 0 Å². The van der Waals surface area contributed by atoms with Crippen molar-refractivity contribution in [1.29, 1.82) is 0 Å². The lowest BCUT2D eigenvalue weighted by Gasteiger charge is -2.16. The summed E-state index contributed by atoms with van der Waals surface area (Å²) in [6.45, 7) is 0. The van der Waals surface area contributed by atoms with Crippen molar-refractivity contribution in [3.63, 3.8) is 0 Å². The Kier molecular flexibility index (Phi) is 2.88. The molecule has 1 aliphatic carbocycles. The summed E-state index contributed by atoms with van der Waals surface area (Å²) in [6, 6.07) is 13.7. The average Bonchev–Trinajstić information content (AvgIpc) is 2.77. The summed E-state index contributed by atoms with van der Waals surface area (Å²) >= 11 is 6.15. The highest BCUT2D eigenvalue weighted by atomic mass is 35.5. The molecule has 0 spiro atoms. The minimum Gasteiger partial charge on any atom is -0.508 e. The van der Waals surface area contributed by atoms with Crippen molar-refractivity contribution in [2.45, 2.75) is 18.9 Å². The molecule has 2 N–H and O–H groups in total. The third-order valence-electron chi connectivity index (χ3n) is 3.45. The van der Waals surface area contributed by atoms with Crippen LogP contribution in [0, 0.1) is 0 Å². The highest BCUT2D eigenvalue weighted by Gasteiger charge is 2.24. The fourth-order valence-electron chi connectivity index (χ4n) is 2.55. The Balaban J connectivity index is 1.90. The van der Waals surface area contributed by atoms with Crippen LogP contribution < -0.4 is 5.32 Å². The van der Waals surface area contributed by atoms with E-state index >= 15 is 0 Å². The number of hydrogen-bond acceptors (Lipinski definition) is 2. The number of aromatic hydroxyl groups is 1. The zero-order valence-corrected chi connectivity index (χ0v) is 10.6. The topological polar surface area (TPSA) is 32.3 Å². The van der Waals surface area contributed by atoms with E-state index in [0.717, 1.165) is 29.1 Å². The first-order valence-electron chi connectivity index (χ1n) is 6.07. The van der Waals surface area contributed by atoms with E-state index in [0.29, 0.717) is 5.75 Å². The van der Waals surface area contributed by atoms with E-state index in [2.05, 4.69) is 11.4 Å². The summed E-state index contributed by atoms with van der Waals surface area (Å²) in [6.07, 6.45) is 1.89. The van der Waals surface area contributed by atoms with Crippen molar-refractivity contribution in [1.82, 2.24) is 0 Å². The molecule has 0 heterocycles. The van der Waals surface area contributed by atoms with Gasteiger partial charge in [0.05, 0.1) is 16.8 Å². The Morgan fingerprint density at radius 1 is 1.11 bits per heavy atom. The lowest BCUT2D eigenvalue weighted by Crippen LogP contribution is -2.07. The van der Waals surface area contributed by atoms with Crippen LogP contribution in [-0.2, 0) is 6.42 Å². The Hall–Kier alpha value is -1.67. The lowest BCUT2D eigenvalue weighted by molar-refractivity contribution is 0.469. The molecule has 0 aromatic heterocycles. The van der Waals surface area contributed by atoms with Crippen LogP contribution in [0.1, 0.15) is 23.6 Å². The van der Waals surface area contributed by atoms with Crippen LogP contribution in [0.3, 0.4) is 0 Å². The number of rotatable bonds is 2. The smallest absolute Gasteiger partial charge is 0.119 e. The van der Waals surface area contributed by atoms with Gasteiger partial charge in [-0.1, -0.05) is 35.9 Å². The maximum atomic E-state index is 9.82. The molecule has 3 rings (SSSR count). The van der Waals surface area contributed by atoms with Gasteiger partial charge >= 0.3 is 0 Å². The third kappa shape index (κ3) is 1.93. The zero-order valence-electron chi connectivity index (χ0n) is 9.86. The van der Waals surface area contributed by atoms with Crippen molar-refractivity contribution in [3.05, 3.63) is 58.6 Å². The van der Waals surface area contributed by atoms with Gasteiger partial charge in [0, 0.05) is 0 Å². The van der Waals surface area contributed by atoms with Crippen LogP contribution >= 0.6 is 11.6 Å². The Bertz CT molecular complexity index is 582. The van der Waals surface area contributed by atoms with Gasteiger partial charge < -0.3 is 10.4 Å². The molecule has 0 fully saturated rings. The number of para-hydroxylation sites is 1. The quantitative estimate of drug-likeness (QED) is 0.849. The molecular formula is C15H14ClNO. The highest BCUT2D eigenvalue weighted by molar-refractivity contribution is 6.33. The molecule has 0 aliphatic heterocycles. The minimum atomic E-state index is 0.229. The van der Waals surface area contributed by atoms with E-state index in [1.165, 1.54) is 5.56 Å². The summed E-state index contributed by atoms with van der Waals surface area (Å²) in [4.78, 5) is 0. The molecule has 0 bridgehead atoms. The average molecular weight is 260 g/mol. The van der Waals surface area contributed by atoms with E-state index in [4.69, 9.17) is 11.6 Å². The van der Waals surface area contributed by atoms with Crippen LogP contribution in [0.2, 0.25) is 5.02 Å². The molecule has 3 heteroatoms. The van der Waals surface area contributed by atoms with Crippen LogP contribution in [0.15, 0.2) is 42.5 Å². The maximum Gasteiger partial charge on any atom is 0.119 e. The molecule has 0 amide bonds. The second kappa shape index (κ2) is 4.54. The minimum absolute atomic E-state index is 0.229. The van der Waals surface area contributed by atoms with Crippen molar-refractivity contribution in [2.75, 3.05) is 5.32 Å². The van der Waals surface area contributed by atoms with Gasteiger partial charge in [0.15, 0.2) is 0 Å². The van der Waals surface area contributed by atoms with Crippen molar-refractivity contribution in [3.8, 4) is 5.75 Å². The first-order chi connectivity index (χ1) is 8.75. The fraction of sp³-hybridized carbons (Fsp3) is 0.200. The summed E-state index contributed by atoms with van der Waals surface area (Å²) in [5.74, 6) is 0.399. The summed E-state index contributed by atoms with van der Waals surface area (Å²) in [5, 5.41) is 14.0. The van der Waals surface area contributed by atoms with Crippen LogP contribution in [-0.4, -0.2) is 5.11 Å². The molecule has 1 atom stereocenters. The number of halogens is 1. The largest absolute Gasteiger partial charge is 0.508 e. The summed E-state index contributed by atoms with van der Waals surface area (Å²) < 4.78 is 0. The third-order valence-corrected chi connectivity index (χ3v) is 3.78. The second-order valence-corrected chi connectivity index (χ2v) is 4.97. The highest BCUT2D eigenvalue weighted by Crippen LogP contribution is 2.39. The first-order valence-corrected chi connectivity index (χ1v) is 6.45. The number of benzene rings is 2. The molecule has 92 valence electrons. The van der Waals surface area contributed by atoms with Gasteiger partial charge in [0.2, 0.25) is 0 Å². The van der Waals surface area contributed by atoms with E-state index < -0.39 is 0 Å². The summed E-state index contributed by atoms with van der Waals surface area (Å²) in [7, 11) is 0. The standard InChI is InChI=1S/C15H14ClNO/c16-12-5-1-2-6-14(12)17-13-9-8-11-10(13)4-3-7-15(11)18/h1-7,13,17-18H,8-9H2. The van der Waals surface area contributed by atoms with E-state index in [1.54, 1.807) is 6.07 Å². The Morgan fingerprint density at radius 3 is 2.78 bits per heavy atom. The van der Waals surface area contributed by atoms with Gasteiger partial charge in [-0.05, 0) is 42.2 Å². The Labute approximate surface area is 111 Å². The molecular weight excluding hydrogens is 246 g/mol. The SMILES string of the molecule is Oc1cccc2c1CCC2Nc1ccccc1Cl. The molecule has 2 aromatic rings. The predicted molar refractivity (Wildman–Crippen MR) is 74.2 cm³/mol. The molecule has 18 heavy (non-hydrogen) atoms. The van der Waals surface area contributed by atoms with Gasteiger partial charge in [0.1, 0.15) is 5.75 Å². The van der Waals surface area contributed by atoms with Crippen LogP contribution in [0.5, 0.6) is 5.75 Å². The van der Waals surface area contributed by atoms with Gasteiger partial charge in [-0.2, -0.15) is 0 Å². The second-order valence-electron chi connectivity index (χ2n) is 4.56. The van der Waals surface area contributed by atoms with Crippen LogP contribution in [0.4, 0.5) is 5.69 Å². The number of nitrogens with one attached hydrogen (secondary N) is 1. The molecule has 1 unspecified atom stereocenters. The van der Waals surface area contributed by atoms with E-state index in [9.17, 15) is 5.11 Å². The first kappa shape index (κ1) is 11.4. The Morgan fingerprint density at radius 2 is 1.94 bits per heavy atom. The number of anilines is 1.